The molecular formula is C12H10F3N3O6. The summed E-state index contributed by atoms with van der Waals surface area (Å²) in [5.41, 5.74) is -5.09. The fourth-order valence-electron chi connectivity index (χ4n) is 1.89. The molecule has 1 aliphatic carbocycles. The molecule has 0 bridgehead atoms. The smallest absolute Gasteiger partial charge is 0.417 e. The molecular weight excluding hydrogens is 339 g/mol. The van der Waals surface area contributed by atoms with E-state index in [4.69, 9.17) is 0 Å². The summed E-state index contributed by atoms with van der Waals surface area (Å²) in [6, 6.07) is -1.38. The number of benzene rings is 1. The number of carbonyl (C=O) groups is 2. The third-order valence-electron chi connectivity index (χ3n) is 3.11. The minimum atomic E-state index is -5.25. The predicted octanol–water partition coefficient (Wildman–Crippen LogP) is 1.63. The van der Waals surface area contributed by atoms with Gasteiger partial charge in [0, 0.05) is 6.04 Å². The van der Waals surface area contributed by atoms with Crippen LogP contribution >= 0.6 is 0 Å². The first-order valence-electron chi connectivity index (χ1n) is 6.44. The fraction of sp³-hybridized carbons (Fsp3) is 0.333. The van der Waals surface area contributed by atoms with Gasteiger partial charge in [0.15, 0.2) is 5.75 Å². The number of nitrogens with one attached hydrogen (secondary N) is 2. The molecule has 1 fully saturated rings. The lowest BCUT2D eigenvalue weighted by atomic mass is 10.0. The quantitative estimate of drug-likeness (QED) is 0.371. The predicted molar refractivity (Wildman–Crippen MR) is 70.4 cm³/mol. The molecule has 0 atom stereocenters. The topological polar surface area (TPSA) is 142 Å². The van der Waals surface area contributed by atoms with Crippen molar-refractivity contribution in [1.29, 1.82) is 0 Å². The lowest BCUT2D eigenvalue weighted by molar-refractivity contribution is -0.386. The molecule has 12 heteroatoms. The summed E-state index contributed by atoms with van der Waals surface area (Å²) in [7, 11) is 0. The zero-order valence-corrected chi connectivity index (χ0v) is 11.7. The van der Waals surface area contributed by atoms with E-state index in [1.165, 1.54) is 5.32 Å². The van der Waals surface area contributed by atoms with Gasteiger partial charge in [-0.3, -0.25) is 20.2 Å². The number of carbonyl (C=O) groups excluding carboxylic acids is 2. The Balaban J connectivity index is 2.51. The highest BCUT2D eigenvalue weighted by Gasteiger charge is 2.43. The van der Waals surface area contributed by atoms with E-state index in [-0.39, 0.29) is 12.1 Å². The summed E-state index contributed by atoms with van der Waals surface area (Å²) in [5.74, 6) is -4.67. The Labute approximate surface area is 131 Å². The van der Waals surface area contributed by atoms with Crippen molar-refractivity contribution < 1.29 is 37.9 Å². The normalized spacial score (nSPS) is 14.1. The van der Waals surface area contributed by atoms with Crippen molar-refractivity contribution in [2.45, 2.75) is 25.1 Å². The summed E-state index contributed by atoms with van der Waals surface area (Å²) in [4.78, 5) is 32.9. The molecule has 9 nitrogen and oxygen atoms in total. The maximum Gasteiger partial charge on any atom is 0.417 e. The number of phenolic OH excluding ortho intramolecular Hbond substituents is 2. The Hall–Kier alpha value is -3.05. The molecule has 2 rings (SSSR count). The van der Waals surface area contributed by atoms with Crippen LogP contribution in [0.15, 0.2) is 6.07 Å². The summed E-state index contributed by atoms with van der Waals surface area (Å²) < 4.78 is 39.1. The average molecular weight is 349 g/mol. The zero-order chi connectivity index (χ0) is 18.2. The van der Waals surface area contributed by atoms with Crippen LogP contribution in [0.2, 0.25) is 0 Å². The molecule has 0 saturated heterocycles. The van der Waals surface area contributed by atoms with Crippen molar-refractivity contribution in [2.24, 2.45) is 0 Å². The Kier molecular flexibility index (Phi) is 4.23. The van der Waals surface area contributed by atoms with Gasteiger partial charge >= 0.3 is 17.9 Å². The van der Waals surface area contributed by atoms with Crippen molar-refractivity contribution in [1.82, 2.24) is 10.6 Å². The van der Waals surface area contributed by atoms with Crippen LogP contribution in [0.25, 0.3) is 0 Å². The zero-order valence-electron chi connectivity index (χ0n) is 11.7. The first-order chi connectivity index (χ1) is 11.0. The number of halogens is 3. The number of rotatable bonds is 3. The highest BCUT2D eigenvalue weighted by atomic mass is 19.4. The highest BCUT2D eigenvalue weighted by Crippen LogP contribution is 2.45. The second-order valence-corrected chi connectivity index (χ2v) is 4.97. The number of alkyl halides is 3. The molecule has 0 spiro atoms. The van der Waals surface area contributed by atoms with Gasteiger partial charge in [0.05, 0.1) is 10.5 Å². The van der Waals surface area contributed by atoms with E-state index < -0.39 is 51.4 Å². The Morgan fingerprint density at radius 2 is 1.88 bits per heavy atom. The number of phenols is 2. The molecule has 1 aliphatic rings. The van der Waals surface area contributed by atoms with E-state index in [0.717, 1.165) is 0 Å². The van der Waals surface area contributed by atoms with Crippen LogP contribution < -0.4 is 10.6 Å². The van der Waals surface area contributed by atoms with Crippen molar-refractivity contribution >= 4 is 17.6 Å². The van der Waals surface area contributed by atoms with E-state index >= 15 is 0 Å². The largest absolute Gasteiger partial charge is 0.504 e. The number of aromatic hydroxyl groups is 2. The third kappa shape index (κ3) is 3.47. The van der Waals surface area contributed by atoms with Crippen LogP contribution in [0, 0.1) is 10.1 Å². The highest BCUT2D eigenvalue weighted by molar-refractivity contribution is 6.08. The van der Waals surface area contributed by atoms with Crippen LogP contribution in [-0.2, 0) is 6.18 Å². The van der Waals surface area contributed by atoms with Gasteiger partial charge in [0.1, 0.15) is 5.56 Å². The van der Waals surface area contributed by atoms with Crippen molar-refractivity contribution in [3.63, 3.8) is 0 Å². The lowest BCUT2D eigenvalue weighted by Gasteiger charge is -2.14. The number of hydrogen-bond acceptors (Lipinski definition) is 6. The SMILES string of the molecule is O=C(NC(=O)c1c(C(F)(F)F)cc(O)c(O)c1[N+](=O)[O-])NC1CC1. The Morgan fingerprint density at radius 3 is 2.33 bits per heavy atom. The molecule has 1 saturated carbocycles. The van der Waals surface area contributed by atoms with Crippen LogP contribution in [-0.4, -0.2) is 33.1 Å². The summed E-state index contributed by atoms with van der Waals surface area (Å²) in [6.07, 6.45) is -3.99. The van der Waals surface area contributed by atoms with Gasteiger partial charge in [0.25, 0.3) is 5.91 Å². The number of nitrogens with zero attached hydrogens (tertiary/aromatic N) is 1. The van der Waals surface area contributed by atoms with Gasteiger partial charge in [-0.25, -0.2) is 4.79 Å². The second-order valence-electron chi connectivity index (χ2n) is 4.97. The van der Waals surface area contributed by atoms with Crippen LogP contribution in [0.3, 0.4) is 0 Å². The third-order valence-corrected chi connectivity index (χ3v) is 3.11. The molecule has 0 aromatic heterocycles. The number of nitro benzene ring substituents is 1. The molecule has 130 valence electrons. The maximum atomic E-state index is 13.0. The summed E-state index contributed by atoms with van der Waals surface area (Å²) >= 11 is 0. The summed E-state index contributed by atoms with van der Waals surface area (Å²) in [6.45, 7) is 0. The first-order valence-corrected chi connectivity index (χ1v) is 6.44. The first kappa shape index (κ1) is 17.3. The number of imide groups is 1. The second kappa shape index (κ2) is 5.86. The Morgan fingerprint density at radius 1 is 1.29 bits per heavy atom. The van der Waals surface area contributed by atoms with E-state index in [1.54, 1.807) is 0 Å². The van der Waals surface area contributed by atoms with Crippen LogP contribution in [0.1, 0.15) is 28.8 Å². The Bertz CT molecular complexity index is 730. The summed E-state index contributed by atoms with van der Waals surface area (Å²) in [5, 5.41) is 33.4. The molecule has 0 aliphatic heterocycles. The molecule has 1 aromatic carbocycles. The molecule has 24 heavy (non-hydrogen) atoms. The average Bonchev–Trinajstić information content (AvgIpc) is 3.22. The van der Waals surface area contributed by atoms with E-state index in [2.05, 4.69) is 5.32 Å². The number of amides is 3. The molecule has 1 aromatic rings. The fourth-order valence-corrected chi connectivity index (χ4v) is 1.89. The van der Waals surface area contributed by atoms with Gasteiger partial charge in [-0.15, -0.1) is 0 Å². The lowest BCUT2D eigenvalue weighted by Crippen LogP contribution is -2.41. The van der Waals surface area contributed by atoms with Crippen molar-refractivity contribution in [3.05, 3.63) is 27.3 Å². The van der Waals surface area contributed by atoms with Gasteiger partial charge in [0.2, 0.25) is 5.75 Å². The molecule has 0 radical (unpaired) electrons. The molecule has 0 heterocycles. The van der Waals surface area contributed by atoms with E-state index in [9.17, 15) is 43.1 Å². The van der Waals surface area contributed by atoms with Gasteiger partial charge in [-0.2, -0.15) is 13.2 Å². The number of hydrogen-bond donors (Lipinski definition) is 4. The number of nitro groups is 1. The van der Waals surface area contributed by atoms with Crippen molar-refractivity contribution in [2.75, 3.05) is 0 Å². The van der Waals surface area contributed by atoms with Gasteiger partial charge < -0.3 is 15.5 Å². The standard InChI is InChI=1S/C12H10F3N3O6/c13-12(14,15)5-3-6(19)9(20)8(18(23)24)7(5)10(21)17-11(22)16-4-1-2-4/h3-4,19-20H,1-2H2,(H2,16,17,21,22). The molecule has 3 amide bonds. The maximum absolute atomic E-state index is 13.0. The van der Waals surface area contributed by atoms with Crippen molar-refractivity contribution in [3.8, 4) is 11.5 Å². The molecule has 0 unspecified atom stereocenters. The molecule has 4 N–H and O–H groups in total. The van der Waals surface area contributed by atoms with Crippen LogP contribution in [0.5, 0.6) is 11.5 Å². The van der Waals surface area contributed by atoms with E-state index in [0.29, 0.717) is 12.8 Å². The van der Waals surface area contributed by atoms with E-state index in [1.807, 2.05) is 0 Å². The minimum absolute atomic E-state index is 0.0317. The van der Waals surface area contributed by atoms with Gasteiger partial charge in [-0.05, 0) is 18.9 Å². The monoisotopic (exact) mass is 349 g/mol. The minimum Gasteiger partial charge on any atom is -0.504 e. The van der Waals surface area contributed by atoms with Gasteiger partial charge in [-0.1, -0.05) is 0 Å². The number of urea groups is 1. The van der Waals surface area contributed by atoms with Crippen LogP contribution in [0.4, 0.5) is 23.7 Å².